The van der Waals surface area contributed by atoms with Crippen LogP contribution in [0.2, 0.25) is 0 Å². The molecule has 0 unspecified atom stereocenters. The van der Waals surface area contributed by atoms with Gasteiger partial charge in [0.1, 0.15) is 5.75 Å². The lowest BCUT2D eigenvalue weighted by Gasteiger charge is -2.55. The zero-order chi connectivity index (χ0) is 21.6. The summed E-state index contributed by atoms with van der Waals surface area (Å²) in [5, 5.41) is 13.4. The van der Waals surface area contributed by atoms with E-state index in [4.69, 9.17) is 4.74 Å². The summed E-state index contributed by atoms with van der Waals surface area (Å²) >= 11 is 1.66. The Labute approximate surface area is 188 Å². The maximum absolute atomic E-state index is 13.4. The van der Waals surface area contributed by atoms with E-state index in [1.54, 1.807) is 18.9 Å². The van der Waals surface area contributed by atoms with Crippen molar-refractivity contribution < 1.29 is 9.53 Å². The van der Waals surface area contributed by atoms with Crippen LogP contribution in [-0.2, 0) is 11.3 Å². The van der Waals surface area contributed by atoms with Crippen molar-refractivity contribution in [1.29, 1.82) is 0 Å². The van der Waals surface area contributed by atoms with Crippen molar-refractivity contribution in [2.45, 2.75) is 69.3 Å². The standard InChI is InChI=1S/C24H32N4O2S/c1-15(2)31-23-27-26-21(28(23)19-6-4-5-7-20(19)30-3)14-25-22(29)24-11-16-8-17(12-24)10-18(9-16)13-24/h4-7,15-18H,8-14H2,1-3H3,(H,25,29). The Morgan fingerprint density at radius 3 is 2.42 bits per heavy atom. The highest BCUT2D eigenvalue weighted by Crippen LogP contribution is 2.60. The van der Waals surface area contributed by atoms with Gasteiger partial charge in [-0.15, -0.1) is 10.2 Å². The minimum Gasteiger partial charge on any atom is -0.495 e. The van der Waals surface area contributed by atoms with E-state index in [2.05, 4.69) is 29.4 Å². The first-order valence-corrected chi connectivity index (χ1v) is 12.4. The number of thioether (sulfide) groups is 1. The number of carbonyl (C=O) groups is 1. The van der Waals surface area contributed by atoms with Crippen molar-refractivity contribution >= 4 is 17.7 Å². The highest BCUT2D eigenvalue weighted by Gasteiger charge is 2.54. The molecule has 4 fully saturated rings. The number of aromatic nitrogens is 3. The van der Waals surface area contributed by atoms with Gasteiger partial charge in [0.15, 0.2) is 11.0 Å². The van der Waals surface area contributed by atoms with E-state index in [-0.39, 0.29) is 11.3 Å². The number of para-hydroxylation sites is 2. The maximum atomic E-state index is 13.4. The van der Waals surface area contributed by atoms with Crippen molar-refractivity contribution in [3.63, 3.8) is 0 Å². The van der Waals surface area contributed by atoms with Crippen LogP contribution >= 0.6 is 11.8 Å². The third-order valence-corrected chi connectivity index (χ3v) is 8.24. The van der Waals surface area contributed by atoms with Gasteiger partial charge in [0.25, 0.3) is 0 Å². The lowest BCUT2D eigenvalue weighted by molar-refractivity contribution is -0.146. The Kier molecular flexibility index (Phi) is 5.49. The molecule has 7 heteroatoms. The molecule has 4 bridgehead atoms. The monoisotopic (exact) mass is 440 g/mol. The summed E-state index contributed by atoms with van der Waals surface area (Å²) in [7, 11) is 1.67. The Morgan fingerprint density at radius 2 is 1.81 bits per heavy atom. The van der Waals surface area contributed by atoms with Gasteiger partial charge in [0.05, 0.1) is 19.3 Å². The topological polar surface area (TPSA) is 69.0 Å². The molecule has 4 aliphatic carbocycles. The largest absolute Gasteiger partial charge is 0.495 e. The Hall–Kier alpha value is -2.02. The molecule has 0 atom stereocenters. The fourth-order valence-electron chi connectivity index (χ4n) is 6.49. The number of hydrogen-bond donors (Lipinski definition) is 1. The first kappa shape index (κ1) is 20.9. The average molecular weight is 441 g/mol. The number of ether oxygens (including phenoxy) is 1. The number of hydrogen-bond acceptors (Lipinski definition) is 5. The summed E-state index contributed by atoms with van der Waals surface area (Å²) in [6.45, 7) is 4.66. The normalized spacial score (nSPS) is 28.8. The summed E-state index contributed by atoms with van der Waals surface area (Å²) < 4.78 is 7.63. The molecular formula is C24H32N4O2S. The summed E-state index contributed by atoms with van der Waals surface area (Å²) in [6.07, 6.45) is 7.22. The van der Waals surface area contributed by atoms with Crippen molar-refractivity contribution in [1.82, 2.24) is 20.1 Å². The first-order chi connectivity index (χ1) is 15.0. The minimum absolute atomic E-state index is 0.153. The molecule has 166 valence electrons. The van der Waals surface area contributed by atoms with Gasteiger partial charge in [-0.05, 0) is 68.4 Å². The molecule has 1 N–H and O–H groups in total. The van der Waals surface area contributed by atoms with Gasteiger partial charge >= 0.3 is 0 Å². The quantitative estimate of drug-likeness (QED) is 0.637. The van der Waals surface area contributed by atoms with Gasteiger partial charge in [0, 0.05) is 10.7 Å². The second-order valence-electron chi connectivity index (χ2n) is 9.95. The third kappa shape index (κ3) is 3.86. The van der Waals surface area contributed by atoms with Crippen LogP contribution in [0.3, 0.4) is 0 Å². The van der Waals surface area contributed by atoms with Crippen molar-refractivity contribution in [3.8, 4) is 11.4 Å². The molecule has 0 saturated heterocycles. The predicted octanol–water partition coefficient (Wildman–Crippen LogP) is 4.61. The van der Waals surface area contributed by atoms with Crippen LogP contribution < -0.4 is 10.1 Å². The molecule has 4 saturated carbocycles. The molecule has 0 spiro atoms. The molecular weight excluding hydrogens is 408 g/mol. The highest BCUT2D eigenvalue weighted by molar-refractivity contribution is 7.99. The van der Waals surface area contributed by atoms with Crippen molar-refractivity contribution in [2.75, 3.05) is 7.11 Å². The molecule has 1 aromatic heterocycles. The van der Waals surface area contributed by atoms with Crippen LogP contribution in [-0.4, -0.2) is 33.0 Å². The second kappa shape index (κ2) is 8.15. The smallest absolute Gasteiger partial charge is 0.226 e. The number of methoxy groups -OCH3 is 1. The Balaban J connectivity index is 1.39. The Bertz CT molecular complexity index is 935. The van der Waals surface area contributed by atoms with E-state index in [1.165, 1.54) is 19.3 Å². The first-order valence-electron chi connectivity index (χ1n) is 11.5. The molecule has 1 aromatic carbocycles. The number of rotatable bonds is 7. The summed E-state index contributed by atoms with van der Waals surface area (Å²) in [5.74, 6) is 3.99. The van der Waals surface area contributed by atoms with Crippen LogP contribution in [0.4, 0.5) is 0 Å². The number of carbonyl (C=O) groups excluding carboxylic acids is 1. The lowest BCUT2D eigenvalue weighted by atomic mass is 9.49. The van der Waals surface area contributed by atoms with Crippen LogP contribution in [0.25, 0.3) is 5.69 Å². The lowest BCUT2D eigenvalue weighted by Crippen LogP contribution is -2.53. The number of nitrogens with zero attached hydrogens (tertiary/aromatic N) is 3. The molecule has 2 aromatic rings. The van der Waals surface area contributed by atoms with Crippen LogP contribution in [0.15, 0.2) is 29.4 Å². The third-order valence-electron chi connectivity index (χ3n) is 7.29. The molecule has 0 radical (unpaired) electrons. The van der Waals surface area contributed by atoms with Crippen molar-refractivity contribution in [2.24, 2.45) is 23.2 Å². The van der Waals surface area contributed by atoms with E-state index in [1.807, 2.05) is 28.8 Å². The van der Waals surface area contributed by atoms with Gasteiger partial charge in [-0.3, -0.25) is 9.36 Å². The zero-order valence-corrected chi connectivity index (χ0v) is 19.5. The molecule has 6 nitrogen and oxygen atoms in total. The minimum atomic E-state index is -0.153. The number of benzene rings is 1. The van der Waals surface area contributed by atoms with Gasteiger partial charge in [-0.25, -0.2) is 0 Å². The summed E-state index contributed by atoms with van der Waals surface area (Å²) in [5.41, 5.74) is 0.747. The van der Waals surface area contributed by atoms with Gasteiger partial charge in [-0.2, -0.15) is 0 Å². The van der Waals surface area contributed by atoms with Gasteiger partial charge in [-0.1, -0.05) is 37.7 Å². The molecule has 1 amide bonds. The summed E-state index contributed by atoms with van der Waals surface area (Å²) in [4.78, 5) is 13.4. The average Bonchev–Trinajstić information content (AvgIpc) is 3.12. The molecule has 31 heavy (non-hydrogen) atoms. The molecule has 1 heterocycles. The van der Waals surface area contributed by atoms with Crippen molar-refractivity contribution in [3.05, 3.63) is 30.1 Å². The van der Waals surface area contributed by atoms with Crippen LogP contribution in [0.5, 0.6) is 5.75 Å². The zero-order valence-electron chi connectivity index (χ0n) is 18.6. The fourth-order valence-corrected chi connectivity index (χ4v) is 7.31. The predicted molar refractivity (Wildman–Crippen MR) is 121 cm³/mol. The number of nitrogens with one attached hydrogen (secondary N) is 1. The van der Waals surface area contributed by atoms with E-state index in [9.17, 15) is 4.79 Å². The molecule has 6 rings (SSSR count). The van der Waals surface area contributed by atoms with Crippen LogP contribution in [0, 0.1) is 23.2 Å². The molecule has 4 aliphatic rings. The van der Waals surface area contributed by atoms with Gasteiger partial charge in [0.2, 0.25) is 5.91 Å². The summed E-state index contributed by atoms with van der Waals surface area (Å²) in [6, 6.07) is 7.89. The van der Waals surface area contributed by atoms with E-state index < -0.39 is 0 Å². The highest BCUT2D eigenvalue weighted by atomic mass is 32.2. The van der Waals surface area contributed by atoms with E-state index in [0.717, 1.165) is 59.4 Å². The van der Waals surface area contributed by atoms with E-state index in [0.29, 0.717) is 11.8 Å². The number of amides is 1. The van der Waals surface area contributed by atoms with E-state index >= 15 is 0 Å². The Morgan fingerprint density at radius 1 is 1.16 bits per heavy atom. The molecule has 0 aliphatic heterocycles. The van der Waals surface area contributed by atoms with Gasteiger partial charge < -0.3 is 10.1 Å². The maximum Gasteiger partial charge on any atom is 0.226 e. The van der Waals surface area contributed by atoms with Crippen LogP contribution in [0.1, 0.15) is 58.2 Å². The second-order valence-corrected chi connectivity index (χ2v) is 11.5. The SMILES string of the molecule is COc1ccccc1-n1c(CNC(=O)C23CC4CC(CC(C4)C2)C3)nnc1SC(C)C. The fraction of sp³-hybridized carbons (Fsp3) is 0.625.